The fraction of sp³-hybridized carbons (Fsp3) is 0.300. The summed E-state index contributed by atoms with van der Waals surface area (Å²) in [6.45, 7) is 1.40. The molecule has 0 saturated carbocycles. The molecule has 82 valence electrons. The molecule has 0 radical (unpaired) electrons. The molecule has 0 aromatic heterocycles. The van der Waals surface area contributed by atoms with Gasteiger partial charge >= 0.3 is 6.09 Å². The number of aliphatic hydroxyl groups excluding tert-OH is 1. The lowest BCUT2D eigenvalue weighted by Crippen LogP contribution is -2.37. The van der Waals surface area contributed by atoms with Crippen molar-refractivity contribution in [1.82, 2.24) is 5.32 Å². The summed E-state index contributed by atoms with van der Waals surface area (Å²) >= 11 is 0. The lowest BCUT2D eigenvalue weighted by atomic mass is 10.3. The standard InChI is InChI=1S/C10H12FNO3/c1-7(6-13)12-10(14)15-9-5-3-2-4-8(9)11/h2-5,7,13H,6H2,1H3,(H,12,14). The number of rotatable bonds is 3. The molecule has 1 aromatic carbocycles. The summed E-state index contributed by atoms with van der Waals surface area (Å²) in [6, 6.07) is 5.16. The molecule has 1 amide bonds. The first-order valence-electron chi connectivity index (χ1n) is 4.47. The molecule has 0 spiro atoms. The van der Waals surface area contributed by atoms with Gasteiger partial charge in [0.1, 0.15) is 0 Å². The minimum absolute atomic E-state index is 0.139. The highest BCUT2D eigenvalue weighted by Crippen LogP contribution is 2.15. The maximum Gasteiger partial charge on any atom is 0.412 e. The number of amides is 1. The summed E-state index contributed by atoms with van der Waals surface area (Å²) in [5.74, 6) is -0.746. The summed E-state index contributed by atoms with van der Waals surface area (Å²) in [5.41, 5.74) is 0. The fourth-order valence-electron chi connectivity index (χ4n) is 0.904. The predicted octanol–water partition coefficient (Wildman–Crippen LogP) is 1.29. The van der Waals surface area contributed by atoms with Crippen molar-refractivity contribution in [2.45, 2.75) is 13.0 Å². The van der Waals surface area contributed by atoms with Crippen molar-refractivity contribution < 1.29 is 19.0 Å². The van der Waals surface area contributed by atoms with Gasteiger partial charge in [0.15, 0.2) is 11.6 Å². The second-order valence-electron chi connectivity index (χ2n) is 3.05. The molecular formula is C10H12FNO3. The van der Waals surface area contributed by atoms with Gasteiger partial charge in [0.2, 0.25) is 0 Å². The Hall–Kier alpha value is -1.62. The molecule has 0 aliphatic heterocycles. The Morgan fingerprint density at radius 3 is 2.87 bits per heavy atom. The molecule has 0 bridgehead atoms. The number of para-hydroxylation sites is 1. The normalized spacial score (nSPS) is 11.9. The zero-order valence-electron chi connectivity index (χ0n) is 8.24. The van der Waals surface area contributed by atoms with Crippen LogP contribution in [0.1, 0.15) is 6.92 Å². The maximum absolute atomic E-state index is 13.0. The van der Waals surface area contributed by atoms with Crippen molar-refractivity contribution in [3.8, 4) is 5.75 Å². The fourth-order valence-corrected chi connectivity index (χ4v) is 0.904. The number of carbonyl (C=O) groups excluding carboxylic acids is 1. The average Bonchev–Trinajstić information content (AvgIpc) is 2.21. The van der Waals surface area contributed by atoms with Crippen LogP contribution in [0.5, 0.6) is 5.75 Å². The first kappa shape index (κ1) is 11.5. The van der Waals surface area contributed by atoms with Crippen LogP contribution < -0.4 is 10.1 Å². The SMILES string of the molecule is CC(CO)NC(=O)Oc1ccccc1F. The Kier molecular flexibility index (Phi) is 4.05. The zero-order chi connectivity index (χ0) is 11.3. The summed E-state index contributed by atoms with van der Waals surface area (Å²) in [5, 5.41) is 11.0. The van der Waals surface area contributed by atoms with Gasteiger partial charge in [-0.1, -0.05) is 12.1 Å². The van der Waals surface area contributed by atoms with Gasteiger partial charge in [-0.05, 0) is 19.1 Å². The molecule has 15 heavy (non-hydrogen) atoms. The smallest absolute Gasteiger partial charge is 0.407 e. The first-order valence-corrected chi connectivity index (χ1v) is 4.47. The highest BCUT2D eigenvalue weighted by Gasteiger charge is 2.10. The Bertz CT molecular complexity index is 343. The third-order valence-corrected chi connectivity index (χ3v) is 1.68. The molecule has 0 aliphatic carbocycles. The van der Waals surface area contributed by atoms with Crippen molar-refractivity contribution in [1.29, 1.82) is 0 Å². The number of benzene rings is 1. The monoisotopic (exact) mass is 213 g/mol. The van der Waals surface area contributed by atoms with E-state index in [9.17, 15) is 9.18 Å². The zero-order valence-corrected chi connectivity index (χ0v) is 8.24. The van der Waals surface area contributed by atoms with Crippen LogP contribution in [-0.4, -0.2) is 23.8 Å². The van der Waals surface area contributed by atoms with Gasteiger partial charge in [0, 0.05) is 0 Å². The molecule has 1 aromatic rings. The van der Waals surface area contributed by atoms with E-state index in [2.05, 4.69) is 10.1 Å². The van der Waals surface area contributed by atoms with Gasteiger partial charge < -0.3 is 15.2 Å². The molecule has 1 unspecified atom stereocenters. The molecule has 1 rings (SSSR count). The Morgan fingerprint density at radius 1 is 1.60 bits per heavy atom. The molecule has 2 N–H and O–H groups in total. The third kappa shape index (κ3) is 3.55. The van der Waals surface area contributed by atoms with E-state index in [-0.39, 0.29) is 12.4 Å². The van der Waals surface area contributed by atoms with Crippen LogP contribution in [0.25, 0.3) is 0 Å². The summed E-state index contributed by atoms with van der Waals surface area (Å²) in [4.78, 5) is 11.1. The van der Waals surface area contributed by atoms with Crippen LogP contribution in [-0.2, 0) is 0 Å². The van der Waals surface area contributed by atoms with Crippen molar-refractivity contribution in [3.05, 3.63) is 30.1 Å². The number of ether oxygens (including phenoxy) is 1. The van der Waals surface area contributed by atoms with Gasteiger partial charge in [-0.25, -0.2) is 9.18 Å². The predicted molar refractivity (Wildman–Crippen MR) is 52.1 cm³/mol. The largest absolute Gasteiger partial charge is 0.412 e. The highest BCUT2D eigenvalue weighted by atomic mass is 19.1. The van der Waals surface area contributed by atoms with E-state index in [4.69, 9.17) is 5.11 Å². The highest BCUT2D eigenvalue weighted by molar-refractivity contribution is 5.70. The third-order valence-electron chi connectivity index (χ3n) is 1.68. The topological polar surface area (TPSA) is 58.6 Å². The summed E-state index contributed by atoms with van der Waals surface area (Å²) < 4.78 is 17.7. The van der Waals surface area contributed by atoms with Gasteiger partial charge in [-0.3, -0.25) is 0 Å². The number of halogens is 1. The van der Waals surface area contributed by atoms with E-state index < -0.39 is 18.0 Å². The van der Waals surface area contributed by atoms with Crippen LogP contribution in [0.15, 0.2) is 24.3 Å². The number of aliphatic hydroxyl groups is 1. The minimum Gasteiger partial charge on any atom is -0.407 e. The summed E-state index contributed by atoms with van der Waals surface area (Å²) in [6.07, 6.45) is -0.790. The number of carbonyl (C=O) groups is 1. The van der Waals surface area contributed by atoms with Crippen LogP contribution in [0.3, 0.4) is 0 Å². The van der Waals surface area contributed by atoms with Crippen molar-refractivity contribution >= 4 is 6.09 Å². The molecule has 1 atom stereocenters. The molecule has 0 saturated heterocycles. The quantitative estimate of drug-likeness (QED) is 0.795. The van der Waals surface area contributed by atoms with Crippen molar-refractivity contribution in [2.75, 3.05) is 6.61 Å². The minimum atomic E-state index is -0.790. The second kappa shape index (κ2) is 5.31. The average molecular weight is 213 g/mol. The lowest BCUT2D eigenvalue weighted by molar-refractivity contribution is 0.184. The van der Waals surface area contributed by atoms with Crippen molar-refractivity contribution in [2.24, 2.45) is 0 Å². The molecule has 0 aliphatic rings. The van der Waals surface area contributed by atoms with E-state index in [1.807, 2.05) is 0 Å². The van der Waals surface area contributed by atoms with Crippen LogP contribution in [0.4, 0.5) is 9.18 Å². The lowest BCUT2D eigenvalue weighted by Gasteiger charge is -2.10. The van der Waals surface area contributed by atoms with Gasteiger partial charge in [0.05, 0.1) is 12.6 Å². The van der Waals surface area contributed by atoms with Crippen LogP contribution >= 0.6 is 0 Å². The second-order valence-corrected chi connectivity index (χ2v) is 3.05. The molecule has 0 fully saturated rings. The van der Waals surface area contributed by atoms with E-state index in [0.717, 1.165) is 0 Å². The molecule has 5 heteroatoms. The summed E-state index contributed by atoms with van der Waals surface area (Å²) in [7, 11) is 0. The van der Waals surface area contributed by atoms with Crippen LogP contribution in [0.2, 0.25) is 0 Å². The Labute approximate surface area is 86.7 Å². The van der Waals surface area contributed by atoms with Gasteiger partial charge in [0.25, 0.3) is 0 Å². The molecule has 0 heterocycles. The Morgan fingerprint density at radius 2 is 2.27 bits per heavy atom. The van der Waals surface area contributed by atoms with E-state index >= 15 is 0 Å². The maximum atomic E-state index is 13.0. The molecule has 4 nitrogen and oxygen atoms in total. The van der Waals surface area contributed by atoms with Gasteiger partial charge in [-0.2, -0.15) is 0 Å². The van der Waals surface area contributed by atoms with E-state index in [1.165, 1.54) is 18.2 Å². The van der Waals surface area contributed by atoms with Gasteiger partial charge in [-0.15, -0.1) is 0 Å². The van der Waals surface area contributed by atoms with E-state index in [0.29, 0.717) is 0 Å². The van der Waals surface area contributed by atoms with E-state index in [1.54, 1.807) is 13.0 Å². The first-order chi connectivity index (χ1) is 7.13. The van der Waals surface area contributed by atoms with Crippen molar-refractivity contribution in [3.63, 3.8) is 0 Å². The number of hydrogen-bond acceptors (Lipinski definition) is 3. The number of nitrogens with one attached hydrogen (secondary N) is 1. The number of hydrogen-bond donors (Lipinski definition) is 2. The Balaban J connectivity index is 2.55. The molecular weight excluding hydrogens is 201 g/mol. The van der Waals surface area contributed by atoms with Crippen LogP contribution in [0, 0.1) is 5.82 Å².